The van der Waals surface area contributed by atoms with Gasteiger partial charge in [0.05, 0.1) is 0 Å². The van der Waals surface area contributed by atoms with Crippen molar-refractivity contribution in [2.45, 2.75) is 64.7 Å². The number of hydrogen-bond donors (Lipinski definition) is 2. The minimum Gasteiger partial charge on any atom is -0.462 e. The quantitative estimate of drug-likeness (QED) is 0.144. The lowest BCUT2D eigenvalue weighted by molar-refractivity contribution is -0.137. The maximum atomic E-state index is 10.8. The molecule has 2 N–H and O–H groups in total. The maximum Gasteiger partial charge on any atom is 0.330 e. The minimum atomic E-state index is -0.325. The van der Waals surface area contributed by atoms with Crippen LogP contribution in [0.3, 0.4) is 0 Å². The molecule has 0 unspecified atom stereocenters. The van der Waals surface area contributed by atoms with Gasteiger partial charge in [-0.2, -0.15) is 0 Å². The Kier molecular flexibility index (Phi) is 29.2. The minimum absolute atomic E-state index is 0.325. The molecule has 0 aromatic carbocycles. The summed E-state index contributed by atoms with van der Waals surface area (Å²) in [6, 6.07) is 0. The van der Waals surface area contributed by atoms with Crippen molar-refractivity contribution in [3.8, 4) is 0 Å². The average Bonchev–Trinajstić information content (AvgIpc) is 2.66. The number of unbranched alkanes of at least 4 members (excludes halogenated alkanes) is 7. The second-order valence-electron chi connectivity index (χ2n) is 6.05. The number of rotatable bonds is 18. The van der Waals surface area contributed by atoms with Gasteiger partial charge in [0.25, 0.3) is 0 Å². The fourth-order valence-corrected chi connectivity index (χ4v) is 4.06. The third-order valence-electron chi connectivity index (χ3n) is 3.60. The van der Waals surface area contributed by atoms with E-state index in [1.54, 1.807) is 10.8 Å². The average molecular weight is 407 g/mol. The first kappa shape index (κ1) is 28.0. The largest absolute Gasteiger partial charge is 0.462 e. The van der Waals surface area contributed by atoms with E-state index < -0.39 is 0 Å². The number of ether oxygens (including phenoxy) is 1. The van der Waals surface area contributed by atoms with E-state index in [1.165, 1.54) is 69.6 Å². The molecule has 0 bridgehead atoms. The summed E-state index contributed by atoms with van der Waals surface area (Å²) in [4.78, 5) is 10.8. The highest BCUT2D eigenvalue weighted by molar-refractivity contribution is 8.76. The smallest absolute Gasteiger partial charge is 0.330 e. The van der Waals surface area contributed by atoms with Crippen LogP contribution >= 0.6 is 21.6 Å². The van der Waals surface area contributed by atoms with Crippen molar-refractivity contribution in [1.82, 2.24) is 10.6 Å². The monoisotopic (exact) mass is 406 g/mol. The molecular weight excluding hydrogens is 364 g/mol. The second-order valence-corrected chi connectivity index (χ2v) is 8.75. The fraction of sp³-hybridized carbons (Fsp3) is 0.850. The fourth-order valence-electron chi connectivity index (χ4n) is 2.09. The number of hydrogen-bond acceptors (Lipinski definition) is 6. The lowest BCUT2D eigenvalue weighted by Gasteiger charge is -2.03. The zero-order chi connectivity index (χ0) is 19.7. The Morgan fingerprint density at radius 2 is 1.42 bits per heavy atom. The van der Waals surface area contributed by atoms with Crippen molar-refractivity contribution in [2.24, 2.45) is 0 Å². The van der Waals surface area contributed by atoms with Crippen LogP contribution in [0.15, 0.2) is 12.7 Å². The molecule has 0 radical (unpaired) electrons. The molecule has 0 saturated heterocycles. The SMILES string of the molecule is C=CC(=O)OCCSSCCCCCCCCCC.CNCCCNC. The van der Waals surface area contributed by atoms with Gasteiger partial charge in [-0.1, -0.05) is 80.0 Å². The van der Waals surface area contributed by atoms with Crippen molar-refractivity contribution in [2.75, 3.05) is 45.3 Å². The van der Waals surface area contributed by atoms with E-state index >= 15 is 0 Å². The molecule has 0 saturated carbocycles. The number of nitrogens with one attached hydrogen (secondary N) is 2. The van der Waals surface area contributed by atoms with Gasteiger partial charge in [-0.15, -0.1) is 0 Å². The lowest BCUT2D eigenvalue weighted by Crippen LogP contribution is -2.15. The Hall–Kier alpha value is -0.170. The highest BCUT2D eigenvalue weighted by Crippen LogP contribution is 2.22. The maximum absolute atomic E-state index is 10.8. The molecule has 0 aliphatic rings. The van der Waals surface area contributed by atoms with E-state index in [0.29, 0.717) is 6.61 Å². The van der Waals surface area contributed by atoms with E-state index in [-0.39, 0.29) is 5.97 Å². The summed E-state index contributed by atoms with van der Waals surface area (Å²) < 4.78 is 4.89. The van der Waals surface area contributed by atoms with E-state index in [1.807, 2.05) is 24.9 Å². The summed E-state index contributed by atoms with van der Waals surface area (Å²) >= 11 is 0. The summed E-state index contributed by atoms with van der Waals surface area (Å²) in [5.41, 5.74) is 0. The lowest BCUT2D eigenvalue weighted by atomic mass is 10.1. The number of carbonyl (C=O) groups is 1. The topological polar surface area (TPSA) is 50.4 Å². The summed E-state index contributed by atoms with van der Waals surface area (Å²) in [5, 5.41) is 6.12. The van der Waals surface area contributed by atoms with Gasteiger partial charge in [0.15, 0.2) is 0 Å². The molecule has 156 valence electrons. The van der Waals surface area contributed by atoms with Gasteiger partial charge in [-0.3, -0.25) is 0 Å². The third-order valence-corrected chi connectivity index (χ3v) is 6.05. The Balaban J connectivity index is 0. The van der Waals surface area contributed by atoms with E-state index in [4.69, 9.17) is 4.74 Å². The van der Waals surface area contributed by atoms with Crippen LogP contribution in [0.5, 0.6) is 0 Å². The molecule has 0 rings (SSSR count). The molecule has 0 aliphatic carbocycles. The predicted octanol–water partition coefficient (Wildman–Crippen LogP) is 5.05. The molecule has 0 fully saturated rings. The molecular formula is C20H42N2O2S2. The summed E-state index contributed by atoms with van der Waals surface area (Å²) in [6.45, 7) is 8.32. The number of carbonyl (C=O) groups excluding carboxylic acids is 1. The van der Waals surface area contributed by atoms with E-state index in [9.17, 15) is 4.79 Å². The normalized spacial score (nSPS) is 10.1. The molecule has 0 spiro atoms. The summed E-state index contributed by atoms with van der Waals surface area (Å²) in [5.74, 6) is 1.74. The molecule has 0 aromatic rings. The van der Waals surface area contributed by atoms with Gasteiger partial charge in [-0.25, -0.2) is 4.79 Å². The molecule has 4 nitrogen and oxygen atoms in total. The van der Waals surface area contributed by atoms with Crippen LogP contribution in [0.1, 0.15) is 64.7 Å². The zero-order valence-corrected chi connectivity index (χ0v) is 18.9. The molecule has 0 heterocycles. The van der Waals surface area contributed by atoms with Crippen LogP contribution in [-0.4, -0.2) is 51.3 Å². The van der Waals surface area contributed by atoms with Crippen molar-refractivity contribution in [3.63, 3.8) is 0 Å². The van der Waals surface area contributed by atoms with Gasteiger partial charge in [0.1, 0.15) is 6.61 Å². The van der Waals surface area contributed by atoms with Crippen molar-refractivity contribution in [3.05, 3.63) is 12.7 Å². The highest BCUT2D eigenvalue weighted by Gasteiger charge is 1.96. The summed E-state index contributed by atoms with van der Waals surface area (Å²) in [7, 11) is 7.61. The van der Waals surface area contributed by atoms with Crippen molar-refractivity contribution in [1.29, 1.82) is 0 Å². The second kappa shape index (κ2) is 27.1. The zero-order valence-electron chi connectivity index (χ0n) is 17.3. The van der Waals surface area contributed by atoms with Gasteiger partial charge >= 0.3 is 5.97 Å². The van der Waals surface area contributed by atoms with E-state index in [0.717, 1.165) is 18.8 Å². The van der Waals surface area contributed by atoms with Gasteiger partial charge in [0.2, 0.25) is 0 Å². The van der Waals surface area contributed by atoms with Crippen LogP contribution in [0, 0.1) is 0 Å². The standard InChI is InChI=1S/C15H28O2S2.C5H14N2/c1-3-5-6-7-8-9-10-11-13-18-19-14-12-17-15(16)4-2;1-6-4-3-5-7-2/h4H,2-3,5-14H2,1H3;6-7H,3-5H2,1-2H3. The first-order chi connectivity index (χ1) is 12.7. The molecule has 26 heavy (non-hydrogen) atoms. The highest BCUT2D eigenvalue weighted by atomic mass is 33.1. The Labute approximate surface area is 170 Å². The Morgan fingerprint density at radius 3 is 1.96 bits per heavy atom. The Morgan fingerprint density at radius 1 is 0.885 bits per heavy atom. The van der Waals surface area contributed by atoms with Crippen LogP contribution in [-0.2, 0) is 9.53 Å². The van der Waals surface area contributed by atoms with Crippen LogP contribution in [0.2, 0.25) is 0 Å². The first-order valence-electron chi connectivity index (χ1n) is 10.1. The summed E-state index contributed by atoms with van der Waals surface area (Å²) in [6.07, 6.45) is 13.4. The van der Waals surface area contributed by atoms with Gasteiger partial charge in [0, 0.05) is 17.6 Å². The van der Waals surface area contributed by atoms with Crippen molar-refractivity contribution >= 4 is 27.6 Å². The third kappa shape index (κ3) is 28.6. The molecule has 0 aliphatic heterocycles. The van der Waals surface area contributed by atoms with Gasteiger partial charge in [-0.05, 0) is 40.0 Å². The van der Waals surface area contributed by atoms with Crippen LogP contribution in [0.4, 0.5) is 0 Å². The van der Waals surface area contributed by atoms with Crippen molar-refractivity contribution < 1.29 is 9.53 Å². The van der Waals surface area contributed by atoms with Gasteiger partial charge < -0.3 is 15.4 Å². The molecule has 6 heteroatoms. The number of esters is 1. The van der Waals surface area contributed by atoms with E-state index in [2.05, 4.69) is 24.1 Å². The Bertz CT molecular complexity index is 289. The molecule has 0 amide bonds. The van der Waals surface area contributed by atoms with Crippen LogP contribution in [0.25, 0.3) is 0 Å². The first-order valence-corrected chi connectivity index (χ1v) is 12.5. The molecule has 0 aromatic heterocycles. The van der Waals surface area contributed by atoms with Crippen LogP contribution < -0.4 is 10.6 Å². The molecule has 0 atom stereocenters. The predicted molar refractivity (Wildman–Crippen MR) is 121 cm³/mol.